The van der Waals surface area contributed by atoms with Gasteiger partial charge in [0, 0.05) is 30.1 Å². The van der Waals surface area contributed by atoms with Gasteiger partial charge in [0.1, 0.15) is 6.10 Å². The molecule has 6 nitrogen and oxygen atoms in total. The van der Waals surface area contributed by atoms with Crippen LogP contribution in [0.25, 0.3) is 0 Å². The highest BCUT2D eigenvalue weighted by molar-refractivity contribution is 14.0. The third-order valence-corrected chi connectivity index (χ3v) is 5.01. The number of aliphatic imine (C=N–C) groups is 1. The lowest BCUT2D eigenvalue weighted by molar-refractivity contribution is 0.0955. The van der Waals surface area contributed by atoms with Crippen LogP contribution in [0.3, 0.4) is 0 Å². The van der Waals surface area contributed by atoms with Gasteiger partial charge in [0.05, 0.1) is 10.9 Å². The summed E-state index contributed by atoms with van der Waals surface area (Å²) in [5.41, 5.74) is 1.55. The third-order valence-electron chi connectivity index (χ3n) is 3.68. The maximum absolute atomic E-state index is 11.9. The van der Waals surface area contributed by atoms with Crippen LogP contribution < -0.4 is 16.0 Å². The van der Waals surface area contributed by atoms with Crippen molar-refractivity contribution in [2.45, 2.75) is 26.5 Å². The Kier molecular flexibility index (Phi) is 11.4. The second-order valence-corrected chi connectivity index (χ2v) is 7.54. The fourth-order valence-electron chi connectivity index (χ4n) is 2.39. The Morgan fingerprint density at radius 2 is 1.93 bits per heavy atom. The van der Waals surface area contributed by atoms with E-state index in [4.69, 9.17) is 11.6 Å². The quantitative estimate of drug-likeness (QED) is 0.236. The Morgan fingerprint density at radius 1 is 1.18 bits per heavy atom. The first-order chi connectivity index (χ1) is 13.0. The van der Waals surface area contributed by atoms with Crippen LogP contribution in [-0.2, 0) is 6.54 Å². The number of nitrogens with one attached hydrogen (secondary N) is 3. The van der Waals surface area contributed by atoms with E-state index in [9.17, 15) is 9.90 Å². The van der Waals surface area contributed by atoms with Crippen molar-refractivity contribution in [2.75, 3.05) is 19.6 Å². The number of rotatable bonds is 8. The van der Waals surface area contributed by atoms with Gasteiger partial charge in [-0.1, -0.05) is 23.7 Å². The van der Waals surface area contributed by atoms with Gasteiger partial charge in [-0.2, -0.15) is 0 Å². The van der Waals surface area contributed by atoms with Crippen molar-refractivity contribution >= 4 is 58.8 Å². The molecule has 1 amide bonds. The van der Waals surface area contributed by atoms with Crippen molar-refractivity contribution in [1.82, 2.24) is 16.0 Å². The molecule has 0 saturated heterocycles. The zero-order valence-corrected chi connectivity index (χ0v) is 19.8. The molecule has 1 heterocycles. The second kappa shape index (κ2) is 13.0. The van der Waals surface area contributed by atoms with Gasteiger partial charge in [-0.3, -0.25) is 4.79 Å². The summed E-state index contributed by atoms with van der Waals surface area (Å²) in [6.07, 6.45) is -0.660. The molecule has 1 atom stereocenters. The predicted molar refractivity (Wildman–Crippen MR) is 127 cm³/mol. The Balaban J connectivity index is 0.00000392. The zero-order valence-electron chi connectivity index (χ0n) is 15.9. The summed E-state index contributed by atoms with van der Waals surface area (Å²) < 4.78 is 0.650. The van der Waals surface area contributed by atoms with Crippen LogP contribution in [0.2, 0.25) is 4.34 Å². The molecule has 1 aromatic heterocycles. The van der Waals surface area contributed by atoms with Crippen molar-refractivity contribution in [2.24, 2.45) is 4.99 Å². The second-order valence-electron chi connectivity index (χ2n) is 5.79. The molecule has 0 aliphatic rings. The molecule has 2 rings (SSSR count). The maximum Gasteiger partial charge on any atom is 0.251 e. The van der Waals surface area contributed by atoms with E-state index in [2.05, 4.69) is 20.9 Å². The van der Waals surface area contributed by atoms with E-state index in [-0.39, 0.29) is 29.9 Å². The molecule has 1 unspecified atom stereocenters. The van der Waals surface area contributed by atoms with Gasteiger partial charge in [-0.15, -0.1) is 35.3 Å². The van der Waals surface area contributed by atoms with Crippen LogP contribution in [0.1, 0.15) is 40.8 Å². The molecule has 28 heavy (non-hydrogen) atoms. The molecule has 9 heteroatoms. The molecule has 0 saturated carbocycles. The number of aliphatic hydroxyl groups excluding tert-OH is 1. The number of carbonyl (C=O) groups excluding carboxylic acids is 1. The number of nitrogens with zero attached hydrogens (tertiary/aromatic N) is 1. The van der Waals surface area contributed by atoms with E-state index < -0.39 is 6.10 Å². The van der Waals surface area contributed by atoms with E-state index in [1.54, 1.807) is 12.1 Å². The standard InChI is InChI=1S/C19H25ClN4O2S.HI/c1-3-21-18(26)14-7-5-6-13(10-14)11-23-19(22-4-2)24-12-15(25)16-8-9-17(20)27-16;/h5-10,15,25H,3-4,11-12H2,1-2H3,(H,21,26)(H2,22,23,24);1H. The molecule has 0 fully saturated rings. The first-order valence-corrected chi connectivity index (χ1v) is 10.1. The normalized spacial score (nSPS) is 12.1. The van der Waals surface area contributed by atoms with Crippen LogP contribution in [0, 0.1) is 0 Å². The molecule has 1 aromatic carbocycles. The zero-order chi connectivity index (χ0) is 19.6. The molecular weight excluding hydrogens is 511 g/mol. The summed E-state index contributed by atoms with van der Waals surface area (Å²) in [6, 6.07) is 11.0. The highest BCUT2D eigenvalue weighted by Gasteiger charge is 2.11. The van der Waals surface area contributed by atoms with Gasteiger partial charge in [-0.25, -0.2) is 4.99 Å². The average Bonchev–Trinajstić information content (AvgIpc) is 3.10. The van der Waals surface area contributed by atoms with Gasteiger partial charge >= 0.3 is 0 Å². The lowest BCUT2D eigenvalue weighted by atomic mass is 10.1. The van der Waals surface area contributed by atoms with Crippen LogP contribution in [0.5, 0.6) is 0 Å². The number of thiophene rings is 1. The van der Waals surface area contributed by atoms with Gasteiger partial charge in [-0.05, 0) is 43.7 Å². The minimum absolute atomic E-state index is 0. The van der Waals surface area contributed by atoms with Crippen molar-refractivity contribution in [3.8, 4) is 0 Å². The van der Waals surface area contributed by atoms with Gasteiger partial charge < -0.3 is 21.1 Å². The minimum Gasteiger partial charge on any atom is -0.386 e. The molecule has 0 radical (unpaired) electrons. The number of guanidine groups is 1. The third kappa shape index (κ3) is 7.94. The number of hydrogen-bond donors (Lipinski definition) is 4. The Morgan fingerprint density at radius 3 is 2.57 bits per heavy atom. The summed E-state index contributed by atoms with van der Waals surface area (Å²) in [5, 5.41) is 19.3. The van der Waals surface area contributed by atoms with Crippen molar-refractivity contribution in [1.29, 1.82) is 0 Å². The summed E-state index contributed by atoms with van der Waals surface area (Å²) in [5.74, 6) is 0.508. The number of aliphatic hydroxyl groups is 1. The number of amides is 1. The van der Waals surface area contributed by atoms with E-state index in [1.807, 2.05) is 38.1 Å². The van der Waals surface area contributed by atoms with E-state index in [0.29, 0.717) is 42.0 Å². The van der Waals surface area contributed by atoms with Gasteiger partial charge in [0.2, 0.25) is 0 Å². The van der Waals surface area contributed by atoms with Crippen LogP contribution in [0.15, 0.2) is 41.4 Å². The highest BCUT2D eigenvalue weighted by atomic mass is 127. The Bertz CT molecular complexity index is 785. The molecule has 154 valence electrons. The number of benzene rings is 1. The average molecular weight is 537 g/mol. The van der Waals surface area contributed by atoms with E-state index in [1.165, 1.54) is 11.3 Å². The molecule has 4 N–H and O–H groups in total. The first kappa shape index (κ1) is 24.7. The fourth-order valence-corrected chi connectivity index (χ4v) is 3.43. The van der Waals surface area contributed by atoms with Crippen LogP contribution in [-0.4, -0.2) is 36.6 Å². The molecule has 0 aliphatic heterocycles. The fraction of sp³-hybridized carbons (Fsp3) is 0.368. The van der Waals surface area contributed by atoms with Crippen molar-refractivity contribution in [3.05, 3.63) is 56.7 Å². The first-order valence-electron chi connectivity index (χ1n) is 8.86. The van der Waals surface area contributed by atoms with Gasteiger partial charge in [0.15, 0.2) is 5.96 Å². The SMILES string of the molecule is CCNC(=O)c1cccc(CN=C(NCC)NCC(O)c2ccc(Cl)s2)c1.I. The van der Waals surface area contributed by atoms with E-state index in [0.717, 1.165) is 10.4 Å². The molecule has 2 aromatic rings. The number of hydrogen-bond acceptors (Lipinski definition) is 4. The lowest BCUT2D eigenvalue weighted by Crippen LogP contribution is -2.39. The topological polar surface area (TPSA) is 85.8 Å². The van der Waals surface area contributed by atoms with Crippen molar-refractivity contribution < 1.29 is 9.90 Å². The highest BCUT2D eigenvalue weighted by Crippen LogP contribution is 2.26. The molecular formula is C19H26ClIN4O2S. The summed E-state index contributed by atoms with van der Waals surface area (Å²) in [7, 11) is 0. The minimum atomic E-state index is -0.660. The van der Waals surface area contributed by atoms with Crippen LogP contribution >= 0.6 is 46.9 Å². The molecule has 0 bridgehead atoms. The smallest absolute Gasteiger partial charge is 0.251 e. The number of carbonyl (C=O) groups is 1. The summed E-state index contributed by atoms with van der Waals surface area (Å²) >= 11 is 7.27. The molecule has 0 spiro atoms. The van der Waals surface area contributed by atoms with E-state index >= 15 is 0 Å². The van der Waals surface area contributed by atoms with Gasteiger partial charge in [0.25, 0.3) is 5.91 Å². The Hall–Kier alpha value is -1.36. The Labute approximate surface area is 191 Å². The lowest BCUT2D eigenvalue weighted by Gasteiger charge is -2.14. The summed E-state index contributed by atoms with van der Waals surface area (Å²) in [4.78, 5) is 17.3. The maximum atomic E-state index is 11.9. The molecule has 0 aliphatic carbocycles. The number of halogens is 2. The van der Waals surface area contributed by atoms with Crippen molar-refractivity contribution in [3.63, 3.8) is 0 Å². The van der Waals surface area contributed by atoms with Crippen LogP contribution in [0.4, 0.5) is 0 Å². The summed E-state index contributed by atoms with van der Waals surface area (Å²) in [6.45, 7) is 5.89. The largest absolute Gasteiger partial charge is 0.386 e. The predicted octanol–water partition coefficient (Wildman–Crippen LogP) is 3.56. The monoisotopic (exact) mass is 536 g/mol.